The lowest BCUT2D eigenvalue weighted by molar-refractivity contribution is -0.136. The minimum absolute atomic E-state index is 0.236. The molecule has 1 aliphatic heterocycles. The molecule has 0 atom stereocenters. The second-order valence-corrected chi connectivity index (χ2v) is 9.43. The van der Waals surface area contributed by atoms with E-state index in [1.807, 2.05) is 84.9 Å². The molecule has 0 saturated heterocycles. The highest BCUT2D eigenvalue weighted by Crippen LogP contribution is 2.40. The Bertz CT molecular complexity index is 1140. The number of nitrogens with zero attached hydrogens (tertiary/aromatic N) is 1. The van der Waals surface area contributed by atoms with Crippen LogP contribution in [0.4, 0.5) is 0 Å². The van der Waals surface area contributed by atoms with E-state index in [-0.39, 0.29) is 11.8 Å². The van der Waals surface area contributed by atoms with Crippen LogP contribution in [0, 0.1) is 5.92 Å². The Balaban J connectivity index is 1.61. The predicted octanol–water partition coefficient (Wildman–Crippen LogP) is 5.84. The van der Waals surface area contributed by atoms with E-state index in [1.54, 1.807) is 0 Å². The molecule has 0 fully saturated rings. The molecule has 1 heterocycles. The van der Waals surface area contributed by atoms with Crippen molar-refractivity contribution >= 4 is 29.1 Å². The lowest BCUT2D eigenvalue weighted by atomic mass is 10.1. The summed E-state index contributed by atoms with van der Waals surface area (Å²) in [5.41, 5.74) is 2.28. The quantitative estimate of drug-likeness (QED) is 0.379. The summed E-state index contributed by atoms with van der Waals surface area (Å²) in [6.45, 7) is 5.17. The van der Waals surface area contributed by atoms with Gasteiger partial charge in [0.15, 0.2) is 0 Å². The molecule has 168 valence electrons. The van der Waals surface area contributed by atoms with Gasteiger partial charge in [0.25, 0.3) is 11.8 Å². The normalized spacial score (nSPS) is 13.8. The van der Waals surface area contributed by atoms with Crippen molar-refractivity contribution in [1.29, 1.82) is 0 Å². The molecule has 33 heavy (non-hydrogen) atoms. The van der Waals surface area contributed by atoms with Crippen molar-refractivity contribution < 1.29 is 14.3 Å². The summed E-state index contributed by atoms with van der Waals surface area (Å²) < 4.78 is 5.78. The van der Waals surface area contributed by atoms with Crippen molar-refractivity contribution in [2.75, 3.05) is 13.2 Å². The molecule has 0 unspecified atom stereocenters. The van der Waals surface area contributed by atoms with E-state index in [4.69, 9.17) is 4.74 Å². The topological polar surface area (TPSA) is 46.6 Å². The third-order valence-corrected chi connectivity index (χ3v) is 6.37. The van der Waals surface area contributed by atoms with Crippen LogP contribution < -0.4 is 4.74 Å². The molecule has 0 N–H and O–H groups in total. The number of carbonyl (C=O) groups excluding carboxylic acids is 2. The van der Waals surface area contributed by atoms with E-state index in [0.29, 0.717) is 36.0 Å². The van der Waals surface area contributed by atoms with Gasteiger partial charge in [0.2, 0.25) is 0 Å². The molecular formula is C28H27NO3S. The van der Waals surface area contributed by atoms with Gasteiger partial charge in [-0.25, -0.2) is 0 Å². The molecule has 2 amide bonds. The van der Waals surface area contributed by atoms with Crippen LogP contribution in [0.3, 0.4) is 0 Å². The van der Waals surface area contributed by atoms with Gasteiger partial charge in [-0.2, -0.15) is 0 Å². The first-order valence-corrected chi connectivity index (χ1v) is 11.9. The molecule has 0 aromatic heterocycles. The van der Waals surface area contributed by atoms with Gasteiger partial charge in [-0.1, -0.05) is 86.3 Å². The van der Waals surface area contributed by atoms with Crippen LogP contribution in [0.5, 0.6) is 5.75 Å². The fourth-order valence-corrected chi connectivity index (χ4v) is 4.61. The number of benzene rings is 3. The molecule has 5 heteroatoms. The first-order chi connectivity index (χ1) is 16.0. The molecule has 1 aliphatic rings. The largest absolute Gasteiger partial charge is 0.493 e. The predicted molar refractivity (Wildman–Crippen MR) is 133 cm³/mol. The van der Waals surface area contributed by atoms with E-state index in [0.717, 1.165) is 21.8 Å². The standard InChI is InChI=1S/C28H27NO3S/c1-20(2)19-32-23-15-13-22(14-16-23)25-26(33-24-11-7-4-8-12-24)28(31)29(27(25)30)18-17-21-9-5-3-6-10-21/h3-16,20H,17-19H2,1-2H3. The van der Waals surface area contributed by atoms with Crippen LogP contribution in [0.1, 0.15) is 25.0 Å². The number of thioether (sulfide) groups is 1. The Morgan fingerprint density at radius 2 is 1.45 bits per heavy atom. The maximum Gasteiger partial charge on any atom is 0.268 e. The minimum atomic E-state index is -0.245. The van der Waals surface area contributed by atoms with Gasteiger partial charge in [-0.05, 0) is 47.7 Å². The van der Waals surface area contributed by atoms with E-state index >= 15 is 0 Å². The number of hydrogen-bond donors (Lipinski definition) is 0. The van der Waals surface area contributed by atoms with Gasteiger partial charge in [-0.15, -0.1) is 0 Å². The monoisotopic (exact) mass is 457 g/mol. The van der Waals surface area contributed by atoms with Crippen LogP contribution in [0.2, 0.25) is 0 Å². The first kappa shape index (κ1) is 22.9. The van der Waals surface area contributed by atoms with Crippen LogP contribution in [-0.4, -0.2) is 29.9 Å². The molecular weight excluding hydrogens is 430 g/mol. The summed E-state index contributed by atoms with van der Waals surface area (Å²) in [6.07, 6.45) is 0.622. The fraction of sp³-hybridized carbons (Fsp3) is 0.214. The highest BCUT2D eigenvalue weighted by molar-refractivity contribution is 8.04. The third-order valence-electron chi connectivity index (χ3n) is 5.28. The zero-order valence-corrected chi connectivity index (χ0v) is 19.7. The lowest BCUT2D eigenvalue weighted by Gasteiger charge is -2.15. The van der Waals surface area contributed by atoms with Crippen LogP contribution in [0.25, 0.3) is 5.57 Å². The zero-order chi connectivity index (χ0) is 23.2. The molecule has 4 nitrogen and oxygen atoms in total. The summed E-state index contributed by atoms with van der Waals surface area (Å²) >= 11 is 1.35. The van der Waals surface area contributed by atoms with E-state index in [9.17, 15) is 9.59 Å². The zero-order valence-electron chi connectivity index (χ0n) is 18.9. The summed E-state index contributed by atoms with van der Waals surface area (Å²) in [5, 5.41) is 0. The molecule has 0 bridgehead atoms. The smallest absolute Gasteiger partial charge is 0.268 e. The summed E-state index contributed by atoms with van der Waals surface area (Å²) in [7, 11) is 0. The molecule has 3 aromatic rings. The SMILES string of the molecule is CC(C)COc1ccc(C2=C(Sc3ccccc3)C(=O)N(CCc3ccccc3)C2=O)cc1. The van der Waals surface area contributed by atoms with E-state index in [2.05, 4.69) is 13.8 Å². The van der Waals surface area contributed by atoms with Crippen molar-refractivity contribution in [3.05, 3.63) is 101 Å². The Labute approximate surface area is 199 Å². The molecule has 0 aliphatic carbocycles. The average molecular weight is 458 g/mol. The number of amides is 2. The van der Waals surface area contributed by atoms with Gasteiger partial charge in [0.05, 0.1) is 17.1 Å². The fourth-order valence-electron chi connectivity index (χ4n) is 3.58. The minimum Gasteiger partial charge on any atom is -0.493 e. The van der Waals surface area contributed by atoms with Crippen molar-refractivity contribution in [1.82, 2.24) is 4.90 Å². The highest BCUT2D eigenvalue weighted by atomic mass is 32.2. The van der Waals surface area contributed by atoms with Gasteiger partial charge in [0, 0.05) is 11.4 Å². The second kappa shape index (κ2) is 10.5. The number of rotatable bonds is 9. The summed E-state index contributed by atoms with van der Waals surface area (Å²) in [6, 6.07) is 27.0. The maximum atomic E-state index is 13.4. The number of imide groups is 1. The van der Waals surface area contributed by atoms with Gasteiger partial charge < -0.3 is 4.74 Å². The Morgan fingerprint density at radius 3 is 2.09 bits per heavy atom. The van der Waals surface area contributed by atoms with Crippen LogP contribution in [0.15, 0.2) is 94.7 Å². The summed E-state index contributed by atoms with van der Waals surface area (Å²) in [4.78, 5) is 29.6. The first-order valence-electron chi connectivity index (χ1n) is 11.1. The molecule has 3 aromatic carbocycles. The Morgan fingerprint density at radius 1 is 0.818 bits per heavy atom. The number of ether oxygens (including phenoxy) is 1. The van der Waals surface area contributed by atoms with Crippen molar-refractivity contribution in [2.24, 2.45) is 5.92 Å². The number of carbonyl (C=O) groups is 2. The maximum absolute atomic E-state index is 13.4. The van der Waals surface area contributed by atoms with Crippen LogP contribution in [-0.2, 0) is 16.0 Å². The highest BCUT2D eigenvalue weighted by Gasteiger charge is 2.39. The van der Waals surface area contributed by atoms with E-state index in [1.165, 1.54) is 16.7 Å². The number of hydrogen-bond acceptors (Lipinski definition) is 4. The molecule has 0 spiro atoms. The summed E-state index contributed by atoms with van der Waals surface area (Å²) in [5.74, 6) is 0.696. The van der Waals surface area contributed by atoms with Gasteiger partial charge >= 0.3 is 0 Å². The average Bonchev–Trinajstić information content (AvgIpc) is 3.07. The Hall–Kier alpha value is -3.31. The Kier molecular flexibility index (Phi) is 7.30. The third kappa shape index (κ3) is 5.55. The van der Waals surface area contributed by atoms with Gasteiger partial charge in [-0.3, -0.25) is 14.5 Å². The lowest BCUT2D eigenvalue weighted by Crippen LogP contribution is -2.33. The molecule has 0 radical (unpaired) electrons. The molecule has 0 saturated carbocycles. The van der Waals surface area contributed by atoms with Gasteiger partial charge in [0.1, 0.15) is 5.75 Å². The van der Waals surface area contributed by atoms with Crippen molar-refractivity contribution in [3.8, 4) is 5.75 Å². The molecule has 4 rings (SSSR count). The van der Waals surface area contributed by atoms with Crippen molar-refractivity contribution in [2.45, 2.75) is 25.2 Å². The second-order valence-electron chi connectivity index (χ2n) is 8.35. The van der Waals surface area contributed by atoms with Crippen molar-refractivity contribution in [3.63, 3.8) is 0 Å². The van der Waals surface area contributed by atoms with Crippen LogP contribution >= 0.6 is 11.8 Å². The van der Waals surface area contributed by atoms with E-state index < -0.39 is 0 Å².